The molecular weight excluding hydrogens is 228 g/mol. The van der Waals surface area contributed by atoms with Gasteiger partial charge in [0.25, 0.3) is 0 Å². The van der Waals surface area contributed by atoms with Gasteiger partial charge in [0, 0.05) is 19.2 Å². The number of ketones is 1. The molecule has 16 heavy (non-hydrogen) atoms. The maximum absolute atomic E-state index is 11.6. The van der Waals surface area contributed by atoms with Crippen molar-refractivity contribution in [3.63, 3.8) is 0 Å². The molecule has 0 saturated carbocycles. The second kappa shape index (κ2) is 5.45. The molecule has 1 aliphatic rings. The minimum absolute atomic E-state index is 0.0418. The van der Waals surface area contributed by atoms with Crippen LogP contribution in [0.25, 0.3) is 0 Å². The Labute approximate surface area is 98.9 Å². The van der Waals surface area contributed by atoms with Crippen molar-refractivity contribution in [3.8, 4) is 0 Å². The molecule has 2 amide bonds. The van der Waals surface area contributed by atoms with Gasteiger partial charge in [0.2, 0.25) is 11.8 Å². The van der Waals surface area contributed by atoms with Crippen LogP contribution >= 0.6 is 11.8 Å². The number of carbonyl (C=O) groups is 3. The van der Waals surface area contributed by atoms with E-state index in [1.165, 1.54) is 25.7 Å². The summed E-state index contributed by atoms with van der Waals surface area (Å²) in [4.78, 5) is 35.1. The number of nitrogens with zero attached hydrogens (tertiary/aromatic N) is 1. The van der Waals surface area contributed by atoms with Crippen LogP contribution in [0.1, 0.15) is 13.3 Å². The van der Waals surface area contributed by atoms with Crippen molar-refractivity contribution in [3.05, 3.63) is 0 Å². The fourth-order valence-corrected chi connectivity index (χ4v) is 2.86. The Morgan fingerprint density at radius 1 is 1.62 bits per heavy atom. The molecule has 2 atom stereocenters. The number of likely N-dealkylation sites (N-methyl/N-ethyl adjacent to an activating group) is 1. The lowest BCUT2D eigenvalue weighted by Gasteiger charge is -2.14. The average molecular weight is 244 g/mol. The molecule has 1 aliphatic heterocycles. The van der Waals surface area contributed by atoms with Gasteiger partial charge in [0.05, 0.1) is 11.3 Å². The van der Waals surface area contributed by atoms with Gasteiger partial charge in [-0.3, -0.25) is 19.3 Å². The molecule has 0 aliphatic carbocycles. The van der Waals surface area contributed by atoms with E-state index >= 15 is 0 Å². The van der Waals surface area contributed by atoms with Crippen molar-refractivity contribution in [1.82, 2.24) is 10.2 Å². The van der Waals surface area contributed by atoms with Crippen molar-refractivity contribution >= 4 is 29.4 Å². The first-order chi connectivity index (χ1) is 7.47. The van der Waals surface area contributed by atoms with Crippen LogP contribution in [0.2, 0.25) is 0 Å². The first kappa shape index (κ1) is 13.2. The quantitative estimate of drug-likeness (QED) is 0.670. The third-order valence-electron chi connectivity index (χ3n) is 2.64. The van der Waals surface area contributed by atoms with E-state index < -0.39 is 0 Å². The van der Waals surface area contributed by atoms with Crippen molar-refractivity contribution in [2.75, 3.05) is 19.8 Å². The topological polar surface area (TPSA) is 66.5 Å². The first-order valence-corrected chi connectivity index (χ1v) is 6.12. The Kier molecular flexibility index (Phi) is 4.49. The maximum atomic E-state index is 11.6. The molecule has 1 fully saturated rings. The van der Waals surface area contributed by atoms with Gasteiger partial charge in [-0.05, 0) is 14.0 Å². The summed E-state index contributed by atoms with van der Waals surface area (Å²) in [5, 5.41) is 2.56. The fraction of sp³-hybridized carbons (Fsp3) is 0.700. The van der Waals surface area contributed by atoms with E-state index in [9.17, 15) is 14.4 Å². The predicted octanol–water partition coefficient (Wildman–Crippen LogP) is -0.346. The van der Waals surface area contributed by atoms with Crippen LogP contribution < -0.4 is 5.32 Å². The molecule has 0 aromatic heterocycles. The number of rotatable bonds is 5. The van der Waals surface area contributed by atoms with E-state index in [0.29, 0.717) is 5.75 Å². The Hall–Kier alpha value is -0.880. The molecule has 5 nitrogen and oxygen atoms in total. The van der Waals surface area contributed by atoms with Crippen molar-refractivity contribution < 1.29 is 14.4 Å². The molecule has 1 rings (SSSR count). The summed E-state index contributed by atoms with van der Waals surface area (Å²) in [6.07, 6.45) is 0.244. The molecule has 0 aromatic carbocycles. The molecule has 1 saturated heterocycles. The van der Waals surface area contributed by atoms with Crippen molar-refractivity contribution in [2.24, 2.45) is 0 Å². The second-order valence-corrected chi connectivity index (χ2v) is 5.00. The lowest BCUT2D eigenvalue weighted by Crippen LogP contribution is -2.36. The lowest BCUT2D eigenvalue weighted by atomic mass is 10.2. The standard InChI is InChI=1S/C10H16N2O3S/c1-6(13)7(11-2)5-16-8-4-9(14)12(3)10(8)15/h7-8,11H,4-5H2,1-3H3. The fourth-order valence-electron chi connectivity index (χ4n) is 1.47. The van der Waals surface area contributed by atoms with Crippen LogP contribution in [0.3, 0.4) is 0 Å². The number of amides is 2. The van der Waals surface area contributed by atoms with Crippen LogP contribution in [0.5, 0.6) is 0 Å². The summed E-state index contributed by atoms with van der Waals surface area (Å²) < 4.78 is 0. The van der Waals surface area contributed by atoms with Gasteiger partial charge in [-0.1, -0.05) is 0 Å². The number of carbonyl (C=O) groups excluding carboxylic acids is 3. The number of Topliss-reactive ketones (excluding diaryl/α,β-unsaturated/α-hetero) is 1. The smallest absolute Gasteiger partial charge is 0.242 e. The van der Waals surface area contributed by atoms with Gasteiger partial charge < -0.3 is 5.32 Å². The number of hydrogen-bond donors (Lipinski definition) is 1. The van der Waals surface area contributed by atoms with Crippen LogP contribution in [-0.2, 0) is 14.4 Å². The summed E-state index contributed by atoms with van der Waals surface area (Å²) in [6.45, 7) is 1.51. The number of likely N-dealkylation sites (tertiary alicyclic amines) is 1. The number of hydrogen-bond acceptors (Lipinski definition) is 5. The Balaban J connectivity index is 2.47. The molecule has 90 valence electrons. The van der Waals surface area contributed by atoms with E-state index in [2.05, 4.69) is 5.32 Å². The Morgan fingerprint density at radius 2 is 2.25 bits per heavy atom. The van der Waals surface area contributed by atoms with E-state index in [1.807, 2.05) is 0 Å². The van der Waals surface area contributed by atoms with Gasteiger partial charge in [0.1, 0.15) is 5.78 Å². The van der Waals surface area contributed by atoms with Crippen LogP contribution in [0.15, 0.2) is 0 Å². The molecule has 1 heterocycles. The number of nitrogens with one attached hydrogen (secondary N) is 1. The summed E-state index contributed by atoms with van der Waals surface area (Å²) in [5.41, 5.74) is 0. The van der Waals surface area contributed by atoms with Crippen molar-refractivity contribution in [1.29, 1.82) is 0 Å². The van der Waals surface area contributed by atoms with Gasteiger partial charge >= 0.3 is 0 Å². The monoisotopic (exact) mass is 244 g/mol. The molecule has 2 unspecified atom stereocenters. The van der Waals surface area contributed by atoms with E-state index in [0.717, 1.165) is 4.90 Å². The molecular formula is C10H16N2O3S. The minimum atomic E-state index is -0.326. The number of imide groups is 1. The normalized spacial score (nSPS) is 22.7. The third-order valence-corrected chi connectivity index (χ3v) is 3.94. The van der Waals surface area contributed by atoms with Gasteiger partial charge in [-0.25, -0.2) is 0 Å². The molecule has 0 spiro atoms. The van der Waals surface area contributed by atoms with Gasteiger partial charge in [-0.2, -0.15) is 0 Å². The zero-order chi connectivity index (χ0) is 12.3. The van der Waals surface area contributed by atoms with Crippen LogP contribution in [0, 0.1) is 0 Å². The second-order valence-electron chi connectivity index (χ2n) is 3.77. The van der Waals surface area contributed by atoms with Crippen LogP contribution in [0.4, 0.5) is 0 Å². The summed E-state index contributed by atoms with van der Waals surface area (Å²) in [7, 11) is 3.20. The largest absolute Gasteiger partial charge is 0.310 e. The summed E-state index contributed by atoms with van der Waals surface area (Å²) in [5.74, 6) is 0.253. The third kappa shape index (κ3) is 2.82. The van der Waals surface area contributed by atoms with Crippen LogP contribution in [-0.4, -0.2) is 53.6 Å². The number of thioether (sulfide) groups is 1. The SMILES string of the molecule is CNC(CSC1CC(=O)N(C)C1=O)C(C)=O. The zero-order valence-electron chi connectivity index (χ0n) is 9.65. The molecule has 6 heteroatoms. The Bertz CT molecular complexity index is 319. The minimum Gasteiger partial charge on any atom is -0.310 e. The summed E-state index contributed by atoms with van der Waals surface area (Å²) >= 11 is 1.37. The van der Waals surface area contributed by atoms with E-state index in [4.69, 9.17) is 0 Å². The molecule has 1 N–H and O–H groups in total. The highest BCUT2D eigenvalue weighted by molar-refractivity contribution is 8.00. The van der Waals surface area contributed by atoms with Crippen molar-refractivity contribution in [2.45, 2.75) is 24.6 Å². The predicted molar refractivity (Wildman–Crippen MR) is 62.2 cm³/mol. The van der Waals surface area contributed by atoms with E-state index in [-0.39, 0.29) is 35.3 Å². The molecule has 0 bridgehead atoms. The van der Waals surface area contributed by atoms with E-state index in [1.54, 1.807) is 7.05 Å². The average Bonchev–Trinajstić information content (AvgIpc) is 2.47. The summed E-state index contributed by atoms with van der Waals surface area (Å²) in [6, 6.07) is -0.251. The molecule has 0 aromatic rings. The highest BCUT2D eigenvalue weighted by atomic mass is 32.2. The first-order valence-electron chi connectivity index (χ1n) is 5.07. The van der Waals surface area contributed by atoms with Gasteiger partial charge in [0.15, 0.2) is 0 Å². The molecule has 0 radical (unpaired) electrons. The van der Waals surface area contributed by atoms with Gasteiger partial charge in [-0.15, -0.1) is 11.8 Å². The lowest BCUT2D eigenvalue weighted by molar-refractivity contribution is -0.136. The Morgan fingerprint density at radius 3 is 2.62 bits per heavy atom. The highest BCUT2D eigenvalue weighted by Gasteiger charge is 2.36. The maximum Gasteiger partial charge on any atom is 0.242 e. The highest BCUT2D eigenvalue weighted by Crippen LogP contribution is 2.24. The zero-order valence-corrected chi connectivity index (χ0v) is 10.5.